The van der Waals surface area contributed by atoms with Crippen molar-refractivity contribution in [3.05, 3.63) is 59.5 Å². The first-order valence-corrected chi connectivity index (χ1v) is 9.19. The van der Waals surface area contributed by atoms with Crippen molar-refractivity contribution in [1.29, 1.82) is 0 Å². The number of fused-ring (bicyclic) bond motifs is 1. The Bertz CT molecular complexity index is 953. The molecule has 27 heavy (non-hydrogen) atoms. The molecule has 1 fully saturated rings. The topological polar surface area (TPSA) is 62.5 Å². The van der Waals surface area contributed by atoms with E-state index < -0.39 is 0 Å². The first-order chi connectivity index (χ1) is 13.1. The van der Waals surface area contributed by atoms with Gasteiger partial charge < -0.3 is 10.2 Å². The average molecular weight is 367 g/mol. The molecule has 1 atom stereocenters. The summed E-state index contributed by atoms with van der Waals surface area (Å²) in [4.78, 5) is 14.8. The Kier molecular flexibility index (Phi) is 4.75. The number of pyridine rings is 1. The van der Waals surface area contributed by atoms with Crippen LogP contribution in [0.1, 0.15) is 24.1 Å². The minimum atomic E-state index is -0.274. The largest absolute Gasteiger partial charge is 0.352 e. The fraction of sp³-hybridized carbons (Fsp3) is 0.350. The van der Waals surface area contributed by atoms with Crippen molar-refractivity contribution in [2.45, 2.75) is 26.3 Å². The number of anilines is 1. The van der Waals surface area contributed by atoms with E-state index in [1.165, 1.54) is 12.1 Å². The predicted molar refractivity (Wildman–Crippen MR) is 101 cm³/mol. The van der Waals surface area contributed by atoms with E-state index in [-0.39, 0.29) is 17.6 Å². The Hall–Kier alpha value is -2.96. The van der Waals surface area contributed by atoms with E-state index in [4.69, 9.17) is 0 Å². The minimum Gasteiger partial charge on any atom is -0.352 e. The Balaban J connectivity index is 1.44. The van der Waals surface area contributed by atoms with Gasteiger partial charge in [-0.2, -0.15) is 0 Å². The summed E-state index contributed by atoms with van der Waals surface area (Å²) in [5.74, 6) is 0.438. The van der Waals surface area contributed by atoms with Gasteiger partial charge in [-0.3, -0.25) is 9.20 Å². The lowest BCUT2D eigenvalue weighted by atomic mass is 9.97. The Labute approximate surface area is 157 Å². The smallest absolute Gasteiger partial charge is 0.231 e. The lowest BCUT2D eigenvalue weighted by molar-refractivity contribution is -0.125. The van der Waals surface area contributed by atoms with Gasteiger partial charge in [0.1, 0.15) is 5.82 Å². The van der Waals surface area contributed by atoms with Gasteiger partial charge in [0.2, 0.25) is 11.9 Å². The van der Waals surface area contributed by atoms with Crippen molar-refractivity contribution >= 4 is 17.5 Å². The van der Waals surface area contributed by atoms with Gasteiger partial charge in [-0.15, -0.1) is 10.2 Å². The molecule has 1 aromatic carbocycles. The molecular formula is C20H22FN5O. The zero-order valence-electron chi connectivity index (χ0n) is 15.2. The van der Waals surface area contributed by atoms with Gasteiger partial charge in [-0.25, -0.2) is 4.39 Å². The zero-order valence-corrected chi connectivity index (χ0v) is 15.2. The molecule has 3 heterocycles. The van der Waals surface area contributed by atoms with E-state index in [1.807, 2.05) is 29.5 Å². The third kappa shape index (κ3) is 3.63. The summed E-state index contributed by atoms with van der Waals surface area (Å²) in [6.07, 6.45) is 1.77. The predicted octanol–water partition coefficient (Wildman–Crippen LogP) is 2.71. The van der Waals surface area contributed by atoms with Crippen LogP contribution in [-0.2, 0) is 11.3 Å². The molecule has 1 aliphatic rings. The van der Waals surface area contributed by atoms with Gasteiger partial charge >= 0.3 is 0 Å². The second kappa shape index (κ2) is 7.34. The van der Waals surface area contributed by atoms with E-state index in [2.05, 4.69) is 20.4 Å². The van der Waals surface area contributed by atoms with Crippen molar-refractivity contribution < 1.29 is 9.18 Å². The highest BCUT2D eigenvalue weighted by Gasteiger charge is 2.28. The number of rotatable bonds is 4. The van der Waals surface area contributed by atoms with Gasteiger partial charge in [-0.05, 0) is 49.6 Å². The molecule has 0 saturated carbocycles. The number of nitrogens with zero attached hydrogens (tertiary/aromatic N) is 4. The number of carbonyl (C=O) groups is 1. The summed E-state index contributed by atoms with van der Waals surface area (Å²) in [7, 11) is 0. The van der Waals surface area contributed by atoms with Gasteiger partial charge in [0.15, 0.2) is 5.65 Å². The van der Waals surface area contributed by atoms with Crippen molar-refractivity contribution in [1.82, 2.24) is 19.9 Å². The third-order valence-corrected chi connectivity index (χ3v) is 5.06. The van der Waals surface area contributed by atoms with E-state index >= 15 is 0 Å². The fourth-order valence-electron chi connectivity index (χ4n) is 3.60. The quantitative estimate of drug-likeness (QED) is 0.770. The van der Waals surface area contributed by atoms with E-state index in [9.17, 15) is 9.18 Å². The highest BCUT2D eigenvalue weighted by Crippen LogP contribution is 2.23. The number of hydrogen-bond donors (Lipinski definition) is 1. The second-order valence-electron chi connectivity index (χ2n) is 6.99. The average Bonchev–Trinajstić information content (AvgIpc) is 3.13. The normalized spacial score (nSPS) is 17.3. The fourth-order valence-corrected chi connectivity index (χ4v) is 3.60. The molecule has 1 amide bonds. The zero-order chi connectivity index (χ0) is 18.8. The number of amides is 1. The molecule has 1 aliphatic heterocycles. The van der Waals surface area contributed by atoms with Crippen LogP contribution in [0, 0.1) is 18.7 Å². The SMILES string of the molecule is Cc1cccc2nnc(N3CCCC(C(=O)NCc4ccc(F)cc4)C3)n12. The molecular weight excluding hydrogens is 345 g/mol. The Morgan fingerprint density at radius 2 is 2.04 bits per heavy atom. The first kappa shape index (κ1) is 17.5. The Morgan fingerprint density at radius 1 is 1.22 bits per heavy atom. The molecule has 0 spiro atoms. The van der Waals surface area contributed by atoms with Crippen molar-refractivity contribution in [2.75, 3.05) is 18.0 Å². The Morgan fingerprint density at radius 3 is 2.85 bits per heavy atom. The lowest BCUT2D eigenvalue weighted by Gasteiger charge is -2.32. The van der Waals surface area contributed by atoms with Crippen LogP contribution in [0.15, 0.2) is 42.5 Å². The number of halogens is 1. The second-order valence-corrected chi connectivity index (χ2v) is 6.99. The van der Waals surface area contributed by atoms with E-state index in [1.54, 1.807) is 12.1 Å². The molecule has 1 unspecified atom stereocenters. The number of piperidine rings is 1. The van der Waals surface area contributed by atoms with Crippen LogP contribution in [-0.4, -0.2) is 33.6 Å². The molecule has 2 aromatic heterocycles. The van der Waals surface area contributed by atoms with Gasteiger partial charge in [0.25, 0.3) is 0 Å². The highest BCUT2D eigenvalue weighted by atomic mass is 19.1. The number of aryl methyl sites for hydroxylation is 1. The number of aromatic nitrogens is 3. The van der Waals surface area contributed by atoms with E-state index in [0.717, 1.165) is 42.2 Å². The van der Waals surface area contributed by atoms with Crippen LogP contribution in [0.5, 0.6) is 0 Å². The monoisotopic (exact) mass is 367 g/mol. The van der Waals surface area contributed by atoms with Crippen LogP contribution in [0.4, 0.5) is 10.3 Å². The summed E-state index contributed by atoms with van der Waals surface area (Å²) < 4.78 is 15.0. The van der Waals surface area contributed by atoms with Crippen LogP contribution >= 0.6 is 0 Å². The molecule has 1 N–H and O–H groups in total. The summed E-state index contributed by atoms with van der Waals surface area (Å²) in [5.41, 5.74) is 2.76. The molecule has 0 aliphatic carbocycles. The summed E-state index contributed by atoms with van der Waals surface area (Å²) in [5, 5.41) is 11.6. The molecule has 0 bridgehead atoms. The number of carbonyl (C=O) groups excluding carboxylic acids is 1. The van der Waals surface area contributed by atoms with Crippen LogP contribution < -0.4 is 10.2 Å². The van der Waals surface area contributed by atoms with Crippen molar-refractivity contribution in [3.63, 3.8) is 0 Å². The highest BCUT2D eigenvalue weighted by molar-refractivity contribution is 5.79. The molecule has 6 nitrogen and oxygen atoms in total. The molecule has 0 radical (unpaired) electrons. The maximum atomic E-state index is 13.0. The van der Waals surface area contributed by atoms with Crippen molar-refractivity contribution in [2.24, 2.45) is 5.92 Å². The molecule has 1 saturated heterocycles. The number of hydrogen-bond acceptors (Lipinski definition) is 4. The third-order valence-electron chi connectivity index (χ3n) is 5.06. The molecule has 3 aromatic rings. The van der Waals surface area contributed by atoms with Crippen LogP contribution in [0.2, 0.25) is 0 Å². The number of benzene rings is 1. The molecule has 7 heteroatoms. The van der Waals surface area contributed by atoms with Crippen molar-refractivity contribution in [3.8, 4) is 0 Å². The van der Waals surface area contributed by atoms with Crippen LogP contribution in [0.3, 0.4) is 0 Å². The van der Waals surface area contributed by atoms with E-state index in [0.29, 0.717) is 13.1 Å². The first-order valence-electron chi connectivity index (χ1n) is 9.19. The summed E-state index contributed by atoms with van der Waals surface area (Å²) in [6.45, 7) is 3.90. The van der Waals surface area contributed by atoms with Crippen LogP contribution in [0.25, 0.3) is 5.65 Å². The van der Waals surface area contributed by atoms with Gasteiger partial charge in [0, 0.05) is 25.3 Å². The number of nitrogens with one attached hydrogen (secondary N) is 1. The van der Waals surface area contributed by atoms with Gasteiger partial charge in [0.05, 0.1) is 5.92 Å². The summed E-state index contributed by atoms with van der Waals surface area (Å²) in [6, 6.07) is 12.1. The molecule has 4 rings (SSSR count). The maximum Gasteiger partial charge on any atom is 0.231 e. The molecule has 140 valence electrons. The maximum absolute atomic E-state index is 13.0. The standard InChI is InChI=1S/C20H22FN5O/c1-14-4-2-6-18-23-24-20(26(14)18)25-11-3-5-16(13-25)19(27)22-12-15-7-9-17(21)10-8-15/h2,4,6-10,16H,3,5,11-13H2,1H3,(H,22,27). The van der Waals surface area contributed by atoms with Gasteiger partial charge in [-0.1, -0.05) is 18.2 Å². The minimum absolute atomic E-state index is 0.0227. The summed E-state index contributed by atoms with van der Waals surface area (Å²) >= 11 is 0. The lowest BCUT2D eigenvalue weighted by Crippen LogP contribution is -2.43.